The highest BCUT2D eigenvalue weighted by atomic mass is 32.2. The van der Waals surface area contributed by atoms with Crippen LogP contribution < -0.4 is 0 Å². The molecule has 30 heavy (non-hydrogen) atoms. The fourth-order valence-electron chi connectivity index (χ4n) is 4.08. The number of benzene rings is 2. The first kappa shape index (κ1) is 21.0. The quantitative estimate of drug-likeness (QED) is 0.744. The molecule has 0 saturated carbocycles. The molecule has 0 aliphatic carbocycles. The summed E-state index contributed by atoms with van der Waals surface area (Å²) in [4.78, 5) is -0.0281. The normalized spacial score (nSPS) is 26.5. The average Bonchev–Trinajstić information content (AvgIpc) is 3.23. The van der Waals surface area contributed by atoms with Crippen molar-refractivity contribution in [1.29, 1.82) is 0 Å². The van der Waals surface area contributed by atoms with Crippen molar-refractivity contribution >= 4 is 19.7 Å². The predicted octanol–water partition coefficient (Wildman–Crippen LogP) is 2.21. The van der Waals surface area contributed by atoms with Gasteiger partial charge in [0.1, 0.15) is 17.1 Å². The third-order valence-corrected chi connectivity index (χ3v) is 9.77. The molecule has 1 N–H and O–H groups in total. The van der Waals surface area contributed by atoms with Gasteiger partial charge in [0.2, 0.25) is 16.1 Å². The van der Waals surface area contributed by atoms with Crippen LogP contribution in [0.15, 0.2) is 75.1 Å². The van der Waals surface area contributed by atoms with E-state index in [1.54, 1.807) is 30.3 Å². The Morgan fingerprint density at radius 3 is 2.13 bits per heavy atom. The highest BCUT2D eigenvalue weighted by molar-refractivity contribution is 7.95. The number of hydrogen-bond donors (Lipinski definition) is 1. The summed E-state index contributed by atoms with van der Waals surface area (Å²) in [6.07, 6.45) is -2.21. The number of sulfone groups is 2. The molecule has 7 nitrogen and oxygen atoms in total. The number of fused-ring (bicyclic) bond motifs is 1. The standard InChI is InChI=1S/C21H22O7S2/c1-13-8-10-16(11-9-13)30(25,26)20-17(12-22)28-21-18(20)19(14(2)27-21)29(23,24)15-6-4-3-5-7-15/h3-11,17-18,20-22H,12H2,1-2H3/t17-,18+,20-,21-/m1/s1. The molecule has 160 valence electrons. The number of aliphatic hydroxyl groups excluding tert-OH is 1. The van der Waals surface area contributed by atoms with Gasteiger partial charge in [-0.15, -0.1) is 0 Å². The van der Waals surface area contributed by atoms with Crippen LogP contribution in [0, 0.1) is 12.8 Å². The van der Waals surface area contributed by atoms with E-state index in [-0.39, 0.29) is 20.5 Å². The number of hydrogen-bond acceptors (Lipinski definition) is 7. The van der Waals surface area contributed by atoms with Crippen molar-refractivity contribution in [3.63, 3.8) is 0 Å². The molecule has 1 fully saturated rings. The maximum atomic E-state index is 13.5. The second-order valence-electron chi connectivity index (χ2n) is 7.43. The number of allylic oxidation sites excluding steroid dienone is 1. The molecule has 2 aromatic carbocycles. The lowest BCUT2D eigenvalue weighted by atomic mass is 10.0. The summed E-state index contributed by atoms with van der Waals surface area (Å²) in [5, 5.41) is 8.50. The molecule has 2 aliphatic rings. The minimum absolute atomic E-state index is 0.0433. The topological polar surface area (TPSA) is 107 Å². The van der Waals surface area contributed by atoms with Crippen LogP contribution in [0.25, 0.3) is 0 Å². The third-order valence-electron chi connectivity index (χ3n) is 5.50. The Hall–Kier alpha value is -2.20. The fraction of sp³-hybridized carbons (Fsp3) is 0.333. The van der Waals surface area contributed by atoms with Crippen LogP contribution in [0.4, 0.5) is 0 Å². The second kappa shape index (κ2) is 7.49. The molecule has 0 unspecified atom stereocenters. The maximum absolute atomic E-state index is 13.5. The summed E-state index contributed by atoms with van der Waals surface area (Å²) >= 11 is 0. The molecule has 0 spiro atoms. The summed E-state index contributed by atoms with van der Waals surface area (Å²) < 4.78 is 65.1. The van der Waals surface area contributed by atoms with Crippen molar-refractivity contribution in [2.24, 2.45) is 5.92 Å². The molecule has 2 aromatic rings. The van der Waals surface area contributed by atoms with E-state index in [1.807, 2.05) is 6.92 Å². The zero-order valence-electron chi connectivity index (χ0n) is 16.4. The minimum atomic E-state index is -4.03. The van der Waals surface area contributed by atoms with Crippen LogP contribution in [0.3, 0.4) is 0 Å². The summed E-state index contributed by atoms with van der Waals surface area (Å²) in [5.41, 5.74) is 0.889. The smallest absolute Gasteiger partial charge is 0.208 e. The summed E-state index contributed by atoms with van der Waals surface area (Å²) in [6.45, 7) is 2.74. The van der Waals surface area contributed by atoms with Crippen molar-refractivity contribution < 1.29 is 31.4 Å². The van der Waals surface area contributed by atoms with Crippen LogP contribution in [0.1, 0.15) is 12.5 Å². The van der Waals surface area contributed by atoms with E-state index in [9.17, 15) is 21.9 Å². The highest BCUT2D eigenvalue weighted by Crippen LogP contribution is 2.48. The van der Waals surface area contributed by atoms with Crippen molar-refractivity contribution in [3.8, 4) is 0 Å². The van der Waals surface area contributed by atoms with Gasteiger partial charge in [0, 0.05) is 0 Å². The molecule has 9 heteroatoms. The lowest BCUT2D eigenvalue weighted by molar-refractivity contribution is -0.114. The van der Waals surface area contributed by atoms with Gasteiger partial charge >= 0.3 is 0 Å². The SMILES string of the molecule is CC1=C(S(=O)(=O)c2ccccc2)[C@@H]2[C@H](O1)O[C@H](CO)[C@H]2S(=O)(=O)c1ccc(C)cc1. The lowest BCUT2D eigenvalue weighted by Crippen LogP contribution is -2.39. The molecule has 1 saturated heterocycles. The van der Waals surface area contributed by atoms with Crippen molar-refractivity contribution in [2.45, 2.75) is 41.3 Å². The van der Waals surface area contributed by atoms with E-state index in [4.69, 9.17) is 9.47 Å². The lowest BCUT2D eigenvalue weighted by Gasteiger charge is -2.22. The Kier molecular flexibility index (Phi) is 5.26. The predicted molar refractivity (Wildman–Crippen MR) is 109 cm³/mol. The Morgan fingerprint density at radius 1 is 0.900 bits per heavy atom. The largest absolute Gasteiger partial charge is 0.468 e. The maximum Gasteiger partial charge on any atom is 0.208 e. The van der Waals surface area contributed by atoms with Gasteiger partial charge in [-0.2, -0.15) is 0 Å². The number of ether oxygens (including phenoxy) is 2. The van der Waals surface area contributed by atoms with E-state index in [0.717, 1.165) is 5.56 Å². The summed E-state index contributed by atoms with van der Waals surface area (Å²) in [5.74, 6) is -0.979. The molecule has 2 aliphatic heterocycles. The Bertz CT molecular complexity index is 1180. The Morgan fingerprint density at radius 2 is 1.53 bits per heavy atom. The van der Waals surface area contributed by atoms with Gasteiger partial charge < -0.3 is 14.6 Å². The van der Waals surface area contributed by atoms with E-state index >= 15 is 0 Å². The number of aryl methyl sites for hydroxylation is 1. The molecule has 0 amide bonds. The highest BCUT2D eigenvalue weighted by Gasteiger charge is 2.59. The van der Waals surface area contributed by atoms with Gasteiger partial charge in [0.05, 0.1) is 27.2 Å². The average molecular weight is 451 g/mol. The van der Waals surface area contributed by atoms with Crippen LogP contribution >= 0.6 is 0 Å². The molecular formula is C21H22O7S2. The molecule has 4 rings (SSSR count). The molecule has 2 heterocycles. The minimum Gasteiger partial charge on any atom is -0.468 e. The molecule has 0 bridgehead atoms. The summed E-state index contributed by atoms with van der Waals surface area (Å²) in [6, 6.07) is 14.1. The van der Waals surface area contributed by atoms with Crippen LogP contribution in [0.2, 0.25) is 0 Å². The fourth-order valence-corrected chi connectivity index (χ4v) is 8.01. The zero-order chi connectivity index (χ0) is 21.7. The first-order valence-corrected chi connectivity index (χ1v) is 12.5. The van der Waals surface area contributed by atoms with Crippen LogP contribution in [-0.4, -0.2) is 46.2 Å². The number of rotatable bonds is 5. The molecule has 4 atom stereocenters. The van der Waals surface area contributed by atoms with E-state index < -0.39 is 49.8 Å². The zero-order valence-corrected chi connectivity index (χ0v) is 18.1. The van der Waals surface area contributed by atoms with Gasteiger partial charge in [0.25, 0.3) is 0 Å². The van der Waals surface area contributed by atoms with Gasteiger partial charge in [0.15, 0.2) is 9.84 Å². The molecule has 0 radical (unpaired) electrons. The van der Waals surface area contributed by atoms with E-state index in [0.29, 0.717) is 0 Å². The number of aliphatic hydroxyl groups is 1. The second-order valence-corrected chi connectivity index (χ2v) is 11.5. The van der Waals surface area contributed by atoms with E-state index in [2.05, 4.69) is 0 Å². The van der Waals surface area contributed by atoms with Crippen LogP contribution in [-0.2, 0) is 29.1 Å². The van der Waals surface area contributed by atoms with Crippen LogP contribution in [0.5, 0.6) is 0 Å². The van der Waals surface area contributed by atoms with Crippen molar-refractivity contribution in [3.05, 3.63) is 70.8 Å². The summed E-state index contributed by atoms with van der Waals surface area (Å²) in [7, 11) is -8.06. The van der Waals surface area contributed by atoms with E-state index in [1.165, 1.54) is 31.2 Å². The third kappa shape index (κ3) is 3.26. The van der Waals surface area contributed by atoms with Gasteiger partial charge in [-0.05, 0) is 38.1 Å². The van der Waals surface area contributed by atoms with Crippen molar-refractivity contribution in [1.82, 2.24) is 0 Å². The first-order chi connectivity index (χ1) is 14.2. The Balaban J connectivity index is 1.84. The van der Waals surface area contributed by atoms with Crippen molar-refractivity contribution in [2.75, 3.05) is 6.61 Å². The Labute approximate surface area is 175 Å². The first-order valence-electron chi connectivity index (χ1n) is 9.42. The molecule has 0 aromatic heterocycles. The molecular weight excluding hydrogens is 428 g/mol. The van der Waals surface area contributed by atoms with Gasteiger partial charge in [-0.1, -0.05) is 35.9 Å². The monoisotopic (exact) mass is 450 g/mol. The van der Waals surface area contributed by atoms with Gasteiger partial charge in [-0.25, -0.2) is 16.8 Å². The van der Waals surface area contributed by atoms with Gasteiger partial charge in [-0.3, -0.25) is 0 Å².